The second kappa shape index (κ2) is 16.3. The van der Waals surface area contributed by atoms with Crippen molar-refractivity contribution in [2.24, 2.45) is 29.1 Å². The van der Waals surface area contributed by atoms with Gasteiger partial charge in [-0.1, -0.05) is 81.4 Å². The van der Waals surface area contributed by atoms with E-state index in [-0.39, 0.29) is 42.5 Å². The molecule has 3 aromatic carbocycles. The first kappa shape index (κ1) is 38.9. The molecule has 53 heavy (non-hydrogen) atoms. The fourth-order valence-corrected chi connectivity index (χ4v) is 9.43. The molecule has 3 aromatic rings. The molecule has 4 fully saturated rings. The quantitative estimate of drug-likeness (QED) is 0.185. The molecule has 2 bridgehead atoms. The molecule has 2 amide bonds. The van der Waals surface area contributed by atoms with Crippen molar-refractivity contribution in [3.63, 3.8) is 0 Å². The molecule has 7 rings (SSSR count). The number of nitrogens with one attached hydrogen (secondary N) is 2. The summed E-state index contributed by atoms with van der Waals surface area (Å²) in [4.78, 5) is 36.2. The van der Waals surface area contributed by atoms with Crippen LogP contribution >= 0.6 is 0 Å². The van der Waals surface area contributed by atoms with Crippen LogP contribution in [0.1, 0.15) is 62.0 Å². The fourth-order valence-electron chi connectivity index (χ4n) is 9.43. The highest BCUT2D eigenvalue weighted by Gasteiger charge is 2.57. The topological polar surface area (TPSA) is 124 Å². The van der Waals surface area contributed by atoms with Crippen LogP contribution in [-0.2, 0) is 22.6 Å². The minimum atomic E-state index is -0.892. The minimum absolute atomic E-state index is 0.0443. The number of aliphatic hydroxyl groups excluding tert-OH is 2. The number of methoxy groups -OCH3 is 1. The van der Waals surface area contributed by atoms with Gasteiger partial charge in [0.1, 0.15) is 17.9 Å². The second-order valence-corrected chi connectivity index (χ2v) is 16.4. The summed E-state index contributed by atoms with van der Waals surface area (Å²) in [5.41, 5.74) is 4.35. The van der Waals surface area contributed by atoms with E-state index in [0.717, 1.165) is 28.7 Å². The number of likely N-dealkylation sites (N-methyl/N-ethyl adjacent to an activating group) is 1. The smallest absolute Gasteiger partial charge is 0.251 e. The van der Waals surface area contributed by atoms with Crippen LogP contribution in [0.5, 0.6) is 5.75 Å². The van der Waals surface area contributed by atoms with Crippen molar-refractivity contribution >= 4 is 11.8 Å². The fraction of sp³-hybridized carbons (Fsp3) is 0.535. The van der Waals surface area contributed by atoms with E-state index in [4.69, 9.17) is 9.57 Å². The summed E-state index contributed by atoms with van der Waals surface area (Å²) >= 11 is 0. The molecule has 0 spiro atoms. The van der Waals surface area contributed by atoms with Gasteiger partial charge in [-0.15, -0.1) is 0 Å². The zero-order chi connectivity index (χ0) is 38.0. The zero-order valence-corrected chi connectivity index (χ0v) is 32.3. The number of ether oxygens (including phenoxy) is 1. The number of nitrogens with zero attached hydrogens (tertiary/aromatic N) is 2. The molecule has 1 heterocycles. The van der Waals surface area contributed by atoms with Gasteiger partial charge in [-0.2, -0.15) is 5.06 Å². The van der Waals surface area contributed by atoms with Gasteiger partial charge >= 0.3 is 0 Å². The van der Waals surface area contributed by atoms with Crippen LogP contribution in [0.4, 0.5) is 0 Å². The van der Waals surface area contributed by atoms with E-state index in [1.807, 2.05) is 74.8 Å². The summed E-state index contributed by atoms with van der Waals surface area (Å²) in [6.07, 6.45) is 1.21. The summed E-state index contributed by atoms with van der Waals surface area (Å²) in [7, 11) is 5.61. The SMILES string of the molecule is COc1c(CN2O[C@@H](CO)[C@@H]([C@H](C)O)[C@H]2C(=O)N[C@H]2C[C@@H]3C[C@H]([C@@H]2C)C3(C)C)cccc1-c1cccc(C(=O)N[C@@H](Cc2ccccc2)CN(C)C)c1. The van der Waals surface area contributed by atoms with Crippen LogP contribution in [0.25, 0.3) is 11.1 Å². The van der Waals surface area contributed by atoms with Crippen LogP contribution in [0.15, 0.2) is 72.8 Å². The number of amides is 2. The lowest BCUT2D eigenvalue weighted by Crippen LogP contribution is -2.62. The van der Waals surface area contributed by atoms with E-state index in [1.165, 1.54) is 6.42 Å². The number of aliphatic hydroxyl groups is 2. The highest BCUT2D eigenvalue weighted by molar-refractivity contribution is 5.96. The van der Waals surface area contributed by atoms with E-state index in [2.05, 4.69) is 48.4 Å². The molecule has 1 aliphatic heterocycles. The first-order valence-electron chi connectivity index (χ1n) is 19.1. The Hall–Kier alpha value is -3.80. The lowest BCUT2D eigenvalue weighted by molar-refractivity contribution is -0.183. The Morgan fingerprint density at radius 2 is 1.79 bits per heavy atom. The molecule has 9 atom stereocenters. The number of fused-ring (bicyclic) bond motifs is 2. The Kier molecular flexibility index (Phi) is 12.0. The number of hydroxylamine groups is 2. The van der Waals surface area contributed by atoms with Gasteiger partial charge in [-0.05, 0) is 86.7 Å². The molecule has 1 saturated heterocycles. The summed E-state index contributed by atoms with van der Waals surface area (Å²) in [5.74, 6) is 1.08. The molecule has 0 radical (unpaired) electrons. The molecular formula is C43H58N4O6. The molecule has 3 aliphatic carbocycles. The van der Waals surface area contributed by atoms with Gasteiger partial charge in [0.2, 0.25) is 5.91 Å². The number of carbonyl (C=O) groups is 2. The average molecular weight is 727 g/mol. The third-order valence-electron chi connectivity index (χ3n) is 12.4. The van der Waals surface area contributed by atoms with Crippen molar-refractivity contribution in [2.45, 2.75) is 83.8 Å². The second-order valence-electron chi connectivity index (χ2n) is 16.4. The van der Waals surface area contributed by atoms with Gasteiger partial charge in [0.25, 0.3) is 5.91 Å². The van der Waals surface area contributed by atoms with Crippen molar-refractivity contribution < 1.29 is 29.4 Å². The van der Waals surface area contributed by atoms with Gasteiger partial charge in [-0.25, -0.2) is 0 Å². The largest absolute Gasteiger partial charge is 0.496 e. The minimum Gasteiger partial charge on any atom is -0.496 e. The Bertz CT molecular complexity index is 1730. The van der Waals surface area contributed by atoms with Gasteiger partial charge in [0, 0.05) is 41.2 Å². The normalized spacial score (nSPS) is 27.5. The number of rotatable bonds is 14. The predicted molar refractivity (Wildman–Crippen MR) is 206 cm³/mol. The number of hydrogen-bond acceptors (Lipinski definition) is 8. The maximum atomic E-state index is 14.2. The van der Waals surface area contributed by atoms with Crippen LogP contribution in [0.3, 0.4) is 0 Å². The Morgan fingerprint density at radius 3 is 2.43 bits per heavy atom. The van der Waals surface area contributed by atoms with Crippen LogP contribution < -0.4 is 15.4 Å². The predicted octanol–water partition coefficient (Wildman–Crippen LogP) is 4.93. The monoisotopic (exact) mass is 726 g/mol. The molecule has 4 N–H and O–H groups in total. The van der Waals surface area contributed by atoms with Crippen LogP contribution in [-0.4, -0.2) is 96.7 Å². The molecule has 286 valence electrons. The lowest BCUT2D eigenvalue weighted by Gasteiger charge is -2.62. The van der Waals surface area contributed by atoms with Crippen LogP contribution in [0.2, 0.25) is 0 Å². The average Bonchev–Trinajstić information content (AvgIpc) is 3.51. The Morgan fingerprint density at radius 1 is 1.06 bits per heavy atom. The first-order chi connectivity index (χ1) is 25.3. The standard InChI is InChI=1S/C43H58N4O6/c1-26-35-21-32(43(35,3)4)22-36(26)45-42(51)39-38(27(2)49)37(25-48)53-47(39)23-31-17-12-18-34(40(31)52-7)29-15-11-16-30(20-29)41(50)44-33(24-46(5)6)19-28-13-9-8-10-14-28/h8-18,20,26-27,32-33,35-39,48-49H,19,21-25H2,1-7H3,(H,44,50)(H,45,51)/t26-,27-,32-,33-,35+,36-,37-,38+,39-/m0/s1. The lowest BCUT2D eigenvalue weighted by atomic mass is 9.45. The molecule has 0 aromatic heterocycles. The van der Waals surface area contributed by atoms with E-state index >= 15 is 0 Å². The van der Waals surface area contributed by atoms with Crippen molar-refractivity contribution in [3.8, 4) is 16.9 Å². The summed E-state index contributed by atoms with van der Waals surface area (Å²) in [5, 5.41) is 29.4. The van der Waals surface area contributed by atoms with E-state index in [1.54, 1.807) is 19.1 Å². The van der Waals surface area contributed by atoms with Gasteiger partial charge in [0.15, 0.2) is 0 Å². The molecule has 4 aliphatic rings. The molecule has 0 unspecified atom stereocenters. The first-order valence-corrected chi connectivity index (χ1v) is 19.1. The van der Waals surface area contributed by atoms with E-state index in [9.17, 15) is 19.8 Å². The van der Waals surface area contributed by atoms with Crippen LogP contribution in [0, 0.1) is 29.1 Å². The van der Waals surface area contributed by atoms with Gasteiger partial charge in [-0.3, -0.25) is 14.4 Å². The molecule has 3 saturated carbocycles. The Balaban J connectivity index is 1.23. The zero-order valence-electron chi connectivity index (χ0n) is 32.3. The molecule has 10 nitrogen and oxygen atoms in total. The highest BCUT2D eigenvalue weighted by atomic mass is 16.7. The van der Waals surface area contributed by atoms with E-state index < -0.39 is 24.2 Å². The number of para-hydroxylation sites is 1. The maximum absolute atomic E-state index is 14.2. The summed E-state index contributed by atoms with van der Waals surface area (Å²) < 4.78 is 6.02. The summed E-state index contributed by atoms with van der Waals surface area (Å²) in [6.45, 7) is 9.10. The van der Waals surface area contributed by atoms with E-state index in [0.29, 0.717) is 42.0 Å². The number of benzene rings is 3. The van der Waals surface area contributed by atoms with Gasteiger partial charge < -0.3 is 30.5 Å². The highest BCUT2D eigenvalue weighted by Crippen LogP contribution is 2.61. The number of carbonyl (C=O) groups excluding carboxylic acids is 2. The maximum Gasteiger partial charge on any atom is 0.251 e. The molecular weight excluding hydrogens is 668 g/mol. The number of hydrogen-bond donors (Lipinski definition) is 4. The van der Waals surface area contributed by atoms with Gasteiger partial charge in [0.05, 0.1) is 26.4 Å². The van der Waals surface area contributed by atoms with Crippen molar-refractivity contribution in [3.05, 3.63) is 89.5 Å². The van der Waals surface area contributed by atoms with Crippen molar-refractivity contribution in [2.75, 3.05) is 34.4 Å². The van der Waals surface area contributed by atoms with Crippen molar-refractivity contribution in [1.29, 1.82) is 0 Å². The Labute approximate surface area is 314 Å². The third-order valence-corrected chi connectivity index (χ3v) is 12.4. The summed E-state index contributed by atoms with van der Waals surface area (Å²) in [6, 6.07) is 22.6. The third kappa shape index (κ3) is 8.17. The molecule has 10 heteroatoms. The van der Waals surface area contributed by atoms with Crippen molar-refractivity contribution in [1.82, 2.24) is 20.6 Å².